The normalized spacial score (nSPS) is 11.2. The van der Waals surface area contributed by atoms with Gasteiger partial charge in [-0.25, -0.2) is 0 Å². The van der Waals surface area contributed by atoms with Crippen molar-refractivity contribution in [3.05, 3.63) is 47.5 Å². The number of hydrogen-bond donors (Lipinski definition) is 1. The summed E-state index contributed by atoms with van der Waals surface area (Å²) in [7, 11) is 0. The predicted molar refractivity (Wildman–Crippen MR) is 79.1 cm³/mol. The van der Waals surface area contributed by atoms with Crippen LogP contribution in [0.5, 0.6) is 11.6 Å². The van der Waals surface area contributed by atoms with E-state index in [-0.39, 0.29) is 5.54 Å². The van der Waals surface area contributed by atoms with Crippen molar-refractivity contribution < 1.29 is 4.74 Å². The minimum absolute atomic E-state index is 0.0358. The quantitative estimate of drug-likeness (QED) is 0.879. The van der Waals surface area contributed by atoms with Crippen molar-refractivity contribution in [1.82, 2.24) is 4.98 Å². The van der Waals surface area contributed by atoms with Crippen molar-refractivity contribution >= 4 is 17.4 Å². The smallest absolute Gasteiger partial charge is 0.221 e. The molecule has 2 rings (SSSR count). The molecule has 2 aromatic rings. The zero-order valence-electron chi connectivity index (χ0n) is 11.3. The Bertz CT molecular complexity index is 547. The standard InChI is InChI=1S/C15H17ClN2O/c1-15(2,3)18-13-5-4-6-14(17-13)19-12-9-7-11(16)8-10-12/h4-10H,1-3H3,(H,17,18). The molecule has 3 nitrogen and oxygen atoms in total. The van der Waals surface area contributed by atoms with E-state index in [1.807, 2.05) is 30.3 Å². The van der Waals surface area contributed by atoms with Crippen molar-refractivity contribution in [2.24, 2.45) is 0 Å². The molecule has 1 heterocycles. The molecule has 100 valence electrons. The van der Waals surface area contributed by atoms with E-state index < -0.39 is 0 Å². The molecular formula is C15H17ClN2O. The van der Waals surface area contributed by atoms with Gasteiger partial charge in [0.05, 0.1) is 0 Å². The minimum atomic E-state index is -0.0358. The number of hydrogen-bond acceptors (Lipinski definition) is 3. The first-order chi connectivity index (χ1) is 8.92. The second kappa shape index (κ2) is 5.49. The molecule has 0 unspecified atom stereocenters. The second-order valence-electron chi connectivity index (χ2n) is 5.29. The SMILES string of the molecule is CC(C)(C)Nc1cccc(Oc2ccc(Cl)cc2)n1. The lowest BCUT2D eigenvalue weighted by molar-refractivity contribution is 0.463. The zero-order valence-corrected chi connectivity index (χ0v) is 12.0. The fraction of sp³-hybridized carbons (Fsp3) is 0.267. The first-order valence-corrected chi connectivity index (χ1v) is 6.49. The topological polar surface area (TPSA) is 34.1 Å². The van der Waals surface area contributed by atoms with E-state index in [9.17, 15) is 0 Å². The highest BCUT2D eigenvalue weighted by atomic mass is 35.5. The fourth-order valence-electron chi connectivity index (χ4n) is 1.55. The van der Waals surface area contributed by atoms with Gasteiger partial charge in [-0.1, -0.05) is 17.7 Å². The monoisotopic (exact) mass is 276 g/mol. The molecule has 0 radical (unpaired) electrons. The van der Waals surface area contributed by atoms with Crippen LogP contribution in [-0.2, 0) is 0 Å². The predicted octanol–water partition coefficient (Wildman–Crippen LogP) is 4.74. The Morgan fingerprint density at radius 1 is 1.05 bits per heavy atom. The number of ether oxygens (including phenoxy) is 1. The van der Waals surface area contributed by atoms with Crippen LogP contribution >= 0.6 is 11.6 Å². The van der Waals surface area contributed by atoms with E-state index in [1.54, 1.807) is 12.1 Å². The summed E-state index contributed by atoms with van der Waals surface area (Å²) in [4.78, 5) is 4.41. The van der Waals surface area contributed by atoms with Gasteiger partial charge in [0.2, 0.25) is 5.88 Å². The van der Waals surface area contributed by atoms with Crippen molar-refractivity contribution in [3.8, 4) is 11.6 Å². The van der Waals surface area contributed by atoms with E-state index in [0.717, 1.165) is 5.82 Å². The van der Waals surface area contributed by atoms with Crippen LogP contribution in [-0.4, -0.2) is 10.5 Å². The summed E-state index contributed by atoms with van der Waals surface area (Å²) in [5.74, 6) is 2.06. The second-order valence-corrected chi connectivity index (χ2v) is 5.73. The highest BCUT2D eigenvalue weighted by Crippen LogP contribution is 2.23. The lowest BCUT2D eigenvalue weighted by Crippen LogP contribution is -2.26. The van der Waals surface area contributed by atoms with Crippen LogP contribution in [0.25, 0.3) is 0 Å². The molecule has 0 bridgehead atoms. The van der Waals surface area contributed by atoms with Gasteiger partial charge in [0.1, 0.15) is 11.6 Å². The molecule has 0 amide bonds. The van der Waals surface area contributed by atoms with Crippen LogP contribution in [0.15, 0.2) is 42.5 Å². The first-order valence-electron chi connectivity index (χ1n) is 6.11. The van der Waals surface area contributed by atoms with Crippen LogP contribution in [0.1, 0.15) is 20.8 Å². The van der Waals surface area contributed by atoms with Gasteiger partial charge in [0.15, 0.2) is 0 Å². The van der Waals surface area contributed by atoms with E-state index in [0.29, 0.717) is 16.7 Å². The molecular weight excluding hydrogens is 260 g/mol. The molecule has 4 heteroatoms. The summed E-state index contributed by atoms with van der Waals surface area (Å²) in [6, 6.07) is 12.8. The molecule has 0 aliphatic carbocycles. The average Bonchev–Trinajstić information content (AvgIpc) is 2.30. The van der Waals surface area contributed by atoms with Crippen LogP contribution in [0.2, 0.25) is 5.02 Å². The number of aromatic nitrogens is 1. The molecule has 0 spiro atoms. The number of rotatable bonds is 3. The van der Waals surface area contributed by atoms with Crippen LogP contribution in [0.3, 0.4) is 0 Å². The van der Waals surface area contributed by atoms with E-state index in [1.165, 1.54) is 0 Å². The Morgan fingerprint density at radius 2 is 1.74 bits per heavy atom. The molecule has 1 aromatic heterocycles. The largest absolute Gasteiger partial charge is 0.439 e. The summed E-state index contributed by atoms with van der Waals surface area (Å²) in [6.45, 7) is 6.25. The number of halogens is 1. The maximum atomic E-state index is 5.83. The number of pyridine rings is 1. The van der Waals surface area contributed by atoms with Gasteiger partial charge in [0.25, 0.3) is 0 Å². The van der Waals surface area contributed by atoms with Crippen molar-refractivity contribution in [2.75, 3.05) is 5.32 Å². The molecule has 0 saturated carbocycles. The zero-order chi connectivity index (χ0) is 13.9. The number of anilines is 1. The highest BCUT2D eigenvalue weighted by Gasteiger charge is 2.10. The molecule has 0 aliphatic rings. The Balaban J connectivity index is 2.13. The van der Waals surface area contributed by atoms with Gasteiger partial charge >= 0.3 is 0 Å². The van der Waals surface area contributed by atoms with Crippen LogP contribution in [0, 0.1) is 0 Å². The molecule has 0 fully saturated rings. The van der Waals surface area contributed by atoms with Gasteiger partial charge in [-0.2, -0.15) is 4.98 Å². The summed E-state index contributed by atoms with van der Waals surface area (Å²) in [5, 5.41) is 3.99. The molecule has 0 saturated heterocycles. The van der Waals surface area contributed by atoms with Crippen molar-refractivity contribution in [1.29, 1.82) is 0 Å². The molecule has 1 aromatic carbocycles. The van der Waals surface area contributed by atoms with Crippen molar-refractivity contribution in [3.63, 3.8) is 0 Å². The Hall–Kier alpha value is -1.74. The van der Waals surface area contributed by atoms with Gasteiger partial charge in [-0.3, -0.25) is 0 Å². The molecule has 0 atom stereocenters. The third kappa shape index (κ3) is 4.45. The molecule has 19 heavy (non-hydrogen) atoms. The Morgan fingerprint density at radius 3 is 2.37 bits per heavy atom. The van der Waals surface area contributed by atoms with Gasteiger partial charge in [-0.05, 0) is 51.1 Å². The summed E-state index contributed by atoms with van der Waals surface area (Å²) < 4.78 is 5.68. The maximum Gasteiger partial charge on any atom is 0.221 e. The Labute approximate surface area is 118 Å². The molecule has 0 aliphatic heterocycles. The number of benzene rings is 1. The lowest BCUT2D eigenvalue weighted by Gasteiger charge is -2.21. The molecule has 1 N–H and O–H groups in total. The van der Waals surface area contributed by atoms with Gasteiger partial charge in [0, 0.05) is 16.6 Å². The number of nitrogens with zero attached hydrogens (tertiary/aromatic N) is 1. The fourth-order valence-corrected chi connectivity index (χ4v) is 1.67. The number of nitrogens with one attached hydrogen (secondary N) is 1. The van der Waals surface area contributed by atoms with E-state index in [4.69, 9.17) is 16.3 Å². The highest BCUT2D eigenvalue weighted by molar-refractivity contribution is 6.30. The lowest BCUT2D eigenvalue weighted by atomic mass is 10.1. The van der Waals surface area contributed by atoms with Crippen molar-refractivity contribution in [2.45, 2.75) is 26.3 Å². The van der Waals surface area contributed by atoms with Gasteiger partial charge < -0.3 is 10.1 Å². The summed E-state index contributed by atoms with van der Waals surface area (Å²) in [5.41, 5.74) is -0.0358. The summed E-state index contributed by atoms with van der Waals surface area (Å²) in [6.07, 6.45) is 0. The van der Waals surface area contributed by atoms with E-state index >= 15 is 0 Å². The third-order valence-corrected chi connectivity index (χ3v) is 2.51. The van der Waals surface area contributed by atoms with Crippen LogP contribution < -0.4 is 10.1 Å². The third-order valence-electron chi connectivity index (χ3n) is 2.26. The van der Waals surface area contributed by atoms with Crippen LogP contribution in [0.4, 0.5) is 5.82 Å². The first kappa shape index (κ1) is 13.7. The maximum absolute atomic E-state index is 5.83. The van der Waals surface area contributed by atoms with E-state index in [2.05, 4.69) is 31.1 Å². The summed E-state index contributed by atoms with van der Waals surface area (Å²) >= 11 is 5.83. The average molecular weight is 277 g/mol. The minimum Gasteiger partial charge on any atom is -0.439 e. The van der Waals surface area contributed by atoms with Gasteiger partial charge in [-0.15, -0.1) is 0 Å². The Kier molecular flexibility index (Phi) is 3.96.